The lowest BCUT2D eigenvalue weighted by atomic mass is 10.0. The van der Waals surface area contributed by atoms with Crippen LogP contribution in [0.15, 0.2) is 28.9 Å². The molecule has 0 fully saturated rings. The highest BCUT2D eigenvalue weighted by molar-refractivity contribution is 5.77. The number of nitrogens with one attached hydrogen (secondary N) is 1. The number of amidine groups is 1. The summed E-state index contributed by atoms with van der Waals surface area (Å²) in [6, 6.07) is 1.49. The number of hydrogen-bond acceptors (Lipinski definition) is 3. The van der Waals surface area contributed by atoms with Crippen LogP contribution in [-0.2, 0) is 4.74 Å². The van der Waals surface area contributed by atoms with Crippen molar-refractivity contribution in [1.29, 1.82) is 0 Å². The summed E-state index contributed by atoms with van der Waals surface area (Å²) in [5.41, 5.74) is 0.957. The first-order valence-electron chi connectivity index (χ1n) is 5.23. The number of methoxy groups -OCH3 is 1. The molecule has 1 aromatic carbocycles. The normalized spacial score (nSPS) is 18.8. The summed E-state index contributed by atoms with van der Waals surface area (Å²) >= 11 is 0. The highest BCUT2D eigenvalue weighted by Crippen LogP contribution is 2.25. The Bertz CT molecular complexity index is 517. The fourth-order valence-electron chi connectivity index (χ4n) is 1.66. The molecule has 0 aromatic heterocycles. The SMILES string of the molecule is COC1=NC(c2cc(F)c(F)c(F)c2)C=C(C)N1. The molecule has 3 nitrogen and oxygen atoms in total. The van der Waals surface area contributed by atoms with Gasteiger partial charge in [-0.2, -0.15) is 0 Å². The molecule has 1 N–H and O–H groups in total. The molecule has 0 bridgehead atoms. The Morgan fingerprint density at radius 2 is 1.83 bits per heavy atom. The fraction of sp³-hybridized carbons (Fsp3) is 0.250. The van der Waals surface area contributed by atoms with Gasteiger partial charge in [-0.05, 0) is 30.7 Å². The molecular formula is C12H11F3N2O. The lowest BCUT2D eigenvalue weighted by Crippen LogP contribution is -2.27. The van der Waals surface area contributed by atoms with Crippen LogP contribution < -0.4 is 5.32 Å². The average Bonchev–Trinajstić information content (AvgIpc) is 2.34. The second-order valence-electron chi connectivity index (χ2n) is 3.86. The van der Waals surface area contributed by atoms with Crippen molar-refractivity contribution in [2.75, 3.05) is 7.11 Å². The Balaban J connectivity index is 2.42. The Morgan fingerprint density at radius 1 is 1.22 bits per heavy atom. The molecule has 1 unspecified atom stereocenters. The van der Waals surface area contributed by atoms with Gasteiger partial charge in [-0.15, -0.1) is 0 Å². The topological polar surface area (TPSA) is 33.6 Å². The number of nitrogens with zero attached hydrogens (tertiary/aromatic N) is 1. The number of aliphatic imine (C=N–C) groups is 1. The van der Waals surface area contributed by atoms with Crippen LogP contribution >= 0.6 is 0 Å². The molecule has 0 aliphatic carbocycles. The van der Waals surface area contributed by atoms with E-state index in [9.17, 15) is 13.2 Å². The van der Waals surface area contributed by atoms with Crippen LogP contribution in [0.3, 0.4) is 0 Å². The first kappa shape index (κ1) is 12.5. The zero-order chi connectivity index (χ0) is 13.3. The summed E-state index contributed by atoms with van der Waals surface area (Å²) in [6.07, 6.45) is 1.66. The number of benzene rings is 1. The summed E-state index contributed by atoms with van der Waals surface area (Å²) < 4.78 is 44.1. The Kier molecular flexibility index (Phi) is 3.27. The predicted octanol–water partition coefficient (Wildman–Crippen LogP) is 2.65. The van der Waals surface area contributed by atoms with Gasteiger partial charge >= 0.3 is 0 Å². The minimum atomic E-state index is -1.48. The molecule has 1 aliphatic heterocycles. The van der Waals surface area contributed by atoms with Gasteiger partial charge in [0, 0.05) is 5.70 Å². The lowest BCUT2D eigenvalue weighted by Gasteiger charge is -2.19. The largest absolute Gasteiger partial charge is 0.468 e. The molecule has 2 rings (SSSR count). The van der Waals surface area contributed by atoms with Crippen LogP contribution in [0.5, 0.6) is 0 Å². The van der Waals surface area contributed by atoms with E-state index in [1.807, 2.05) is 0 Å². The van der Waals surface area contributed by atoms with E-state index in [-0.39, 0.29) is 11.6 Å². The maximum Gasteiger partial charge on any atom is 0.289 e. The van der Waals surface area contributed by atoms with Crippen molar-refractivity contribution in [3.05, 3.63) is 46.9 Å². The smallest absolute Gasteiger partial charge is 0.289 e. The summed E-state index contributed by atoms with van der Waals surface area (Å²) in [5, 5.41) is 2.83. The molecule has 0 spiro atoms. The summed E-state index contributed by atoms with van der Waals surface area (Å²) in [5.74, 6) is -3.95. The standard InChI is InChI=1S/C12H11F3N2O/c1-6-3-10(17-12(16-6)18-2)7-4-8(13)11(15)9(14)5-7/h3-5,10H,1-2H3,(H,16,17). The molecule has 0 saturated carbocycles. The lowest BCUT2D eigenvalue weighted by molar-refractivity contribution is 0.378. The quantitative estimate of drug-likeness (QED) is 0.784. The minimum Gasteiger partial charge on any atom is -0.468 e. The van der Waals surface area contributed by atoms with Gasteiger partial charge < -0.3 is 10.1 Å². The molecule has 1 aromatic rings. The summed E-state index contributed by atoms with van der Waals surface area (Å²) in [6.45, 7) is 1.76. The van der Waals surface area contributed by atoms with Gasteiger partial charge in [-0.25, -0.2) is 18.2 Å². The van der Waals surface area contributed by atoms with E-state index in [1.165, 1.54) is 7.11 Å². The van der Waals surface area contributed by atoms with Crippen molar-refractivity contribution < 1.29 is 17.9 Å². The van der Waals surface area contributed by atoms with Gasteiger partial charge in [0.15, 0.2) is 17.5 Å². The molecule has 18 heavy (non-hydrogen) atoms. The molecular weight excluding hydrogens is 245 g/mol. The first-order valence-corrected chi connectivity index (χ1v) is 5.23. The molecule has 6 heteroatoms. The van der Waals surface area contributed by atoms with E-state index in [4.69, 9.17) is 4.74 Å². The van der Waals surface area contributed by atoms with Gasteiger partial charge in [-0.3, -0.25) is 0 Å². The van der Waals surface area contributed by atoms with Crippen LogP contribution in [0.2, 0.25) is 0 Å². The summed E-state index contributed by atoms with van der Waals surface area (Å²) in [7, 11) is 1.42. The zero-order valence-corrected chi connectivity index (χ0v) is 9.80. The van der Waals surface area contributed by atoms with Crippen LogP contribution in [0, 0.1) is 17.5 Å². The van der Waals surface area contributed by atoms with Crippen molar-refractivity contribution >= 4 is 6.02 Å². The van der Waals surface area contributed by atoms with Crippen LogP contribution in [-0.4, -0.2) is 13.1 Å². The van der Waals surface area contributed by atoms with Crippen molar-refractivity contribution in [3.8, 4) is 0 Å². The average molecular weight is 256 g/mol. The third-order valence-corrected chi connectivity index (χ3v) is 2.51. The van der Waals surface area contributed by atoms with Crippen LogP contribution in [0.25, 0.3) is 0 Å². The molecule has 0 radical (unpaired) electrons. The number of hydrogen-bond donors (Lipinski definition) is 1. The Hall–Kier alpha value is -1.98. The zero-order valence-electron chi connectivity index (χ0n) is 9.80. The van der Waals surface area contributed by atoms with Crippen LogP contribution in [0.4, 0.5) is 13.2 Å². The third-order valence-electron chi connectivity index (χ3n) is 2.51. The first-order chi connectivity index (χ1) is 8.51. The van der Waals surface area contributed by atoms with Gasteiger partial charge in [0.05, 0.1) is 7.11 Å². The Morgan fingerprint density at radius 3 is 2.39 bits per heavy atom. The molecule has 0 amide bonds. The molecule has 1 atom stereocenters. The van der Waals surface area contributed by atoms with Crippen molar-refractivity contribution in [2.45, 2.75) is 13.0 Å². The van der Waals surface area contributed by atoms with Gasteiger partial charge in [0.2, 0.25) is 0 Å². The number of halogens is 3. The molecule has 1 aliphatic rings. The fourth-order valence-corrected chi connectivity index (χ4v) is 1.66. The van der Waals surface area contributed by atoms with E-state index in [0.29, 0.717) is 0 Å². The molecule has 0 saturated heterocycles. The number of allylic oxidation sites excluding steroid dienone is 1. The molecule has 1 heterocycles. The van der Waals surface area contributed by atoms with E-state index >= 15 is 0 Å². The highest BCUT2D eigenvalue weighted by atomic mass is 19.2. The monoisotopic (exact) mass is 256 g/mol. The van der Waals surface area contributed by atoms with Gasteiger partial charge in [-0.1, -0.05) is 0 Å². The number of ether oxygens (including phenoxy) is 1. The van der Waals surface area contributed by atoms with Crippen molar-refractivity contribution in [2.24, 2.45) is 4.99 Å². The van der Waals surface area contributed by atoms with Gasteiger partial charge in [0.25, 0.3) is 6.02 Å². The third kappa shape index (κ3) is 2.32. The van der Waals surface area contributed by atoms with E-state index in [0.717, 1.165) is 17.8 Å². The maximum atomic E-state index is 13.1. The number of rotatable bonds is 1. The van der Waals surface area contributed by atoms with E-state index in [1.54, 1.807) is 13.0 Å². The van der Waals surface area contributed by atoms with Crippen molar-refractivity contribution in [1.82, 2.24) is 5.32 Å². The van der Waals surface area contributed by atoms with Crippen LogP contribution in [0.1, 0.15) is 18.5 Å². The second-order valence-corrected chi connectivity index (χ2v) is 3.86. The minimum absolute atomic E-state index is 0.224. The van der Waals surface area contributed by atoms with E-state index in [2.05, 4.69) is 10.3 Å². The molecule has 96 valence electrons. The summed E-state index contributed by atoms with van der Waals surface area (Å²) in [4.78, 5) is 4.08. The predicted molar refractivity (Wildman–Crippen MR) is 60.4 cm³/mol. The van der Waals surface area contributed by atoms with Gasteiger partial charge in [0.1, 0.15) is 6.04 Å². The highest BCUT2D eigenvalue weighted by Gasteiger charge is 2.19. The Labute approximate surface area is 102 Å². The van der Waals surface area contributed by atoms with E-state index < -0.39 is 23.5 Å². The van der Waals surface area contributed by atoms with Crippen molar-refractivity contribution in [3.63, 3.8) is 0 Å². The maximum absolute atomic E-state index is 13.1. The second kappa shape index (κ2) is 4.72.